The Kier molecular flexibility index (Phi) is 3.60. The molecule has 4 rings (SSSR count). The van der Waals surface area contributed by atoms with Crippen molar-refractivity contribution < 1.29 is 13.6 Å². The average molecular weight is 339 g/mol. The first-order valence-electron chi connectivity index (χ1n) is 7.97. The van der Waals surface area contributed by atoms with Crippen LogP contribution in [0.4, 0.5) is 14.6 Å². The van der Waals surface area contributed by atoms with Crippen LogP contribution in [0.2, 0.25) is 0 Å². The van der Waals surface area contributed by atoms with Gasteiger partial charge in [0.2, 0.25) is 5.91 Å². The van der Waals surface area contributed by atoms with E-state index in [1.165, 1.54) is 10.7 Å². The maximum Gasteiger partial charge on any atom is 0.236 e. The Morgan fingerprint density at radius 2 is 1.80 bits per heavy atom. The number of nitrogens with zero attached hydrogens (tertiary/aromatic N) is 2. The average Bonchev–Trinajstić information content (AvgIpc) is 3.32. The Morgan fingerprint density at radius 3 is 2.48 bits per heavy atom. The summed E-state index contributed by atoms with van der Waals surface area (Å²) in [4.78, 5) is 12.7. The lowest BCUT2D eigenvalue weighted by Crippen LogP contribution is -2.28. The second kappa shape index (κ2) is 5.81. The Balaban J connectivity index is 1.53. The Hall–Kier alpha value is -3.02. The van der Waals surface area contributed by atoms with Crippen LogP contribution in [0.1, 0.15) is 18.4 Å². The van der Waals surface area contributed by atoms with Crippen LogP contribution in [0.25, 0.3) is 5.69 Å². The molecule has 1 saturated carbocycles. The van der Waals surface area contributed by atoms with Gasteiger partial charge in [0.25, 0.3) is 0 Å². The van der Waals surface area contributed by atoms with Crippen LogP contribution in [-0.4, -0.2) is 15.7 Å². The highest BCUT2D eigenvalue weighted by atomic mass is 19.2. The van der Waals surface area contributed by atoms with Gasteiger partial charge in [0.05, 0.1) is 11.1 Å². The van der Waals surface area contributed by atoms with Gasteiger partial charge in [-0.2, -0.15) is 5.10 Å². The fraction of sp³-hybridized carbons (Fsp3) is 0.158. The van der Waals surface area contributed by atoms with E-state index in [0.29, 0.717) is 11.5 Å². The maximum atomic E-state index is 13.3. The van der Waals surface area contributed by atoms with E-state index in [1.54, 1.807) is 12.3 Å². The highest BCUT2D eigenvalue weighted by molar-refractivity contribution is 6.00. The molecule has 1 heterocycles. The van der Waals surface area contributed by atoms with Crippen molar-refractivity contribution in [1.29, 1.82) is 0 Å². The van der Waals surface area contributed by atoms with E-state index in [4.69, 9.17) is 0 Å². The van der Waals surface area contributed by atoms with E-state index < -0.39 is 17.0 Å². The second-order valence-electron chi connectivity index (χ2n) is 6.15. The van der Waals surface area contributed by atoms with Crippen LogP contribution >= 0.6 is 0 Å². The molecule has 0 radical (unpaired) electrons. The van der Waals surface area contributed by atoms with Crippen molar-refractivity contribution in [2.45, 2.75) is 18.3 Å². The molecule has 1 aliphatic rings. The smallest absolute Gasteiger partial charge is 0.236 e. The monoisotopic (exact) mass is 339 g/mol. The first-order chi connectivity index (χ1) is 12.1. The molecular weight excluding hydrogens is 324 g/mol. The maximum absolute atomic E-state index is 13.3. The van der Waals surface area contributed by atoms with Crippen molar-refractivity contribution >= 4 is 11.7 Å². The number of amides is 1. The molecule has 0 aliphatic heterocycles. The molecule has 0 spiro atoms. The van der Waals surface area contributed by atoms with Crippen molar-refractivity contribution in [3.63, 3.8) is 0 Å². The van der Waals surface area contributed by atoms with Crippen LogP contribution in [-0.2, 0) is 10.2 Å². The number of benzene rings is 2. The van der Waals surface area contributed by atoms with Gasteiger partial charge in [-0.05, 0) is 30.5 Å². The number of nitrogens with one attached hydrogen (secondary N) is 1. The molecule has 1 N–H and O–H groups in total. The zero-order valence-electron chi connectivity index (χ0n) is 13.2. The summed E-state index contributed by atoms with van der Waals surface area (Å²) >= 11 is 0. The minimum Gasteiger partial charge on any atom is -0.308 e. The van der Waals surface area contributed by atoms with Crippen molar-refractivity contribution in [1.82, 2.24) is 9.78 Å². The predicted octanol–water partition coefficient (Wildman–Crippen LogP) is 3.82. The van der Waals surface area contributed by atoms with Crippen LogP contribution < -0.4 is 5.32 Å². The topological polar surface area (TPSA) is 46.9 Å². The van der Waals surface area contributed by atoms with Gasteiger partial charge in [-0.15, -0.1) is 0 Å². The summed E-state index contributed by atoms with van der Waals surface area (Å²) < 4.78 is 27.8. The fourth-order valence-corrected chi connectivity index (χ4v) is 2.93. The van der Waals surface area contributed by atoms with Crippen molar-refractivity contribution in [3.8, 4) is 5.69 Å². The SMILES string of the molecule is O=C(Nc1ccn(-c2ccc(F)c(F)c2)n1)C1(c2ccccc2)CC1. The molecule has 1 aromatic heterocycles. The van der Waals surface area contributed by atoms with Crippen LogP contribution in [0.15, 0.2) is 60.8 Å². The Labute approximate surface area is 143 Å². The molecule has 4 nitrogen and oxygen atoms in total. The molecule has 126 valence electrons. The summed E-state index contributed by atoms with van der Waals surface area (Å²) in [7, 11) is 0. The summed E-state index contributed by atoms with van der Waals surface area (Å²) in [5.41, 5.74) is 0.878. The van der Waals surface area contributed by atoms with Gasteiger partial charge >= 0.3 is 0 Å². The quantitative estimate of drug-likeness (QED) is 0.785. The minimum atomic E-state index is -0.945. The van der Waals surface area contributed by atoms with Gasteiger partial charge in [-0.1, -0.05) is 30.3 Å². The molecule has 25 heavy (non-hydrogen) atoms. The fourth-order valence-electron chi connectivity index (χ4n) is 2.93. The summed E-state index contributed by atoms with van der Waals surface area (Å²) in [5, 5.41) is 7.04. The predicted molar refractivity (Wildman–Crippen MR) is 89.5 cm³/mol. The van der Waals surface area contributed by atoms with Gasteiger partial charge in [0, 0.05) is 18.3 Å². The Bertz CT molecular complexity index is 933. The normalized spacial score (nSPS) is 15.0. The molecule has 0 saturated heterocycles. The summed E-state index contributed by atoms with van der Waals surface area (Å²) in [5.74, 6) is -1.59. The van der Waals surface area contributed by atoms with E-state index in [-0.39, 0.29) is 5.91 Å². The first kappa shape index (κ1) is 15.5. The molecule has 3 aromatic rings. The molecule has 0 bridgehead atoms. The number of aromatic nitrogens is 2. The Morgan fingerprint density at radius 1 is 1.04 bits per heavy atom. The molecule has 1 fully saturated rings. The zero-order valence-corrected chi connectivity index (χ0v) is 13.2. The highest BCUT2D eigenvalue weighted by Gasteiger charge is 2.51. The molecule has 1 aliphatic carbocycles. The number of carbonyl (C=O) groups excluding carboxylic acids is 1. The van der Waals surface area contributed by atoms with Gasteiger partial charge in [0.15, 0.2) is 17.5 Å². The van der Waals surface area contributed by atoms with Gasteiger partial charge in [0.1, 0.15) is 0 Å². The largest absolute Gasteiger partial charge is 0.308 e. The van der Waals surface area contributed by atoms with Crippen molar-refractivity contribution in [3.05, 3.63) is 78.0 Å². The molecular formula is C19H15F2N3O. The lowest BCUT2D eigenvalue weighted by Gasteiger charge is -2.14. The summed E-state index contributed by atoms with van der Waals surface area (Å²) in [6, 6.07) is 14.8. The second-order valence-corrected chi connectivity index (χ2v) is 6.15. The third kappa shape index (κ3) is 2.80. The minimum absolute atomic E-state index is 0.103. The number of carbonyl (C=O) groups is 1. The number of rotatable bonds is 4. The molecule has 0 atom stereocenters. The summed E-state index contributed by atoms with van der Waals surface area (Å²) in [6.07, 6.45) is 3.18. The first-order valence-corrected chi connectivity index (χ1v) is 7.97. The van der Waals surface area contributed by atoms with Gasteiger partial charge in [-0.25, -0.2) is 13.5 Å². The van der Waals surface area contributed by atoms with E-state index in [9.17, 15) is 13.6 Å². The van der Waals surface area contributed by atoms with E-state index in [1.807, 2.05) is 30.3 Å². The summed E-state index contributed by atoms with van der Waals surface area (Å²) in [6.45, 7) is 0. The van der Waals surface area contributed by atoms with Crippen LogP contribution in [0.3, 0.4) is 0 Å². The van der Waals surface area contributed by atoms with Crippen LogP contribution in [0.5, 0.6) is 0 Å². The van der Waals surface area contributed by atoms with E-state index in [0.717, 1.165) is 30.5 Å². The molecule has 0 unspecified atom stereocenters. The van der Waals surface area contributed by atoms with Gasteiger partial charge in [-0.3, -0.25) is 4.79 Å². The molecule has 2 aromatic carbocycles. The zero-order chi connectivity index (χ0) is 17.4. The lowest BCUT2D eigenvalue weighted by atomic mass is 9.95. The number of halogens is 2. The van der Waals surface area contributed by atoms with Gasteiger partial charge < -0.3 is 5.32 Å². The molecule has 1 amide bonds. The van der Waals surface area contributed by atoms with E-state index >= 15 is 0 Å². The third-order valence-electron chi connectivity index (χ3n) is 4.51. The number of hydrogen-bond donors (Lipinski definition) is 1. The standard InChI is InChI=1S/C19H15F2N3O/c20-15-7-6-14(12-16(15)21)24-11-8-17(23-24)22-18(25)19(9-10-19)13-4-2-1-3-5-13/h1-8,11-12H,9-10H2,(H,22,23,25). The highest BCUT2D eigenvalue weighted by Crippen LogP contribution is 2.48. The van der Waals surface area contributed by atoms with Crippen molar-refractivity contribution in [2.24, 2.45) is 0 Å². The lowest BCUT2D eigenvalue weighted by molar-refractivity contribution is -0.118. The number of anilines is 1. The third-order valence-corrected chi connectivity index (χ3v) is 4.51. The number of hydrogen-bond acceptors (Lipinski definition) is 2. The van der Waals surface area contributed by atoms with E-state index in [2.05, 4.69) is 10.4 Å². The van der Waals surface area contributed by atoms with Crippen molar-refractivity contribution in [2.75, 3.05) is 5.32 Å². The van der Waals surface area contributed by atoms with Crippen LogP contribution in [0, 0.1) is 11.6 Å². The molecule has 6 heteroatoms.